The number of aryl methyl sites for hydroxylation is 1. The average molecular weight is 325 g/mol. The molecule has 1 aliphatic rings. The third-order valence-corrected chi connectivity index (χ3v) is 4.35. The van der Waals surface area contributed by atoms with Gasteiger partial charge in [0.25, 0.3) is 5.91 Å². The van der Waals surface area contributed by atoms with Gasteiger partial charge in [-0.3, -0.25) is 9.78 Å². The van der Waals surface area contributed by atoms with Crippen molar-refractivity contribution in [3.05, 3.63) is 54.4 Å². The summed E-state index contributed by atoms with van der Waals surface area (Å²) in [6.45, 7) is 5.33. The Balaban J connectivity index is 1.46. The van der Waals surface area contributed by atoms with Crippen LogP contribution in [-0.2, 0) is 11.2 Å². The Hall–Kier alpha value is -2.56. The molecule has 1 aliphatic heterocycles. The minimum absolute atomic E-state index is 0.0453. The smallest absolute Gasteiger partial charge is 0.260 e. The summed E-state index contributed by atoms with van der Waals surface area (Å²) in [5, 5.41) is 0. The second kappa shape index (κ2) is 7.81. The molecule has 1 aromatic carbocycles. The van der Waals surface area contributed by atoms with Crippen LogP contribution in [-0.4, -0.2) is 48.6 Å². The summed E-state index contributed by atoms with van der Waals surface area (Å²) in [7, 11) is 0. The molecule has 0 bridgehead atoms. The fraction of sp³-hybridized carbons (Fsp3) is 0.368. The van der Waals surface area contributed by atoms with E-state index in [0.29, 0.717) is 0 Å². The summed E-state index contributed by atoms with van der Waals surface area (Å²) in [5.41, 5.74) is 2.42. The molecule has 1 amide bonds. The molecule has 0 atom stereocenters. The monoisotopic (exact) mass is 325 g/mol. The van der Waals surface area contributed by atoms with E-state index in [1.54, 1.807) is 12.4 Å². The number of rotatable bonds is 5. The standard InChI is InChI=1S/C19H23N3O2/c1-2-16-3-5-18(6-4-16)24-15-19(23)22-13-11-21(12-14-22)17-7-9-20-10-8-17/h3-10H,2,11-15H2,1H3. The van der Waals surface area contributed by atoms with Gasteiger partial charge in [-0.05, 0) is 36.2 Å². The number of carbonyl (C=O) groups is 1. The molecule has 0 aliphatic carbocycles. The zero-order chi connectivity index (χ0) is 16.8. The number of amides is 1. The van der Waals surface area contributed by atoms with Gasteiger partial charge in [-0.1, -0.05) is 19.1 Å². The highest BCUT2D eigenvalue weighted by molar-refractivity contribution is 5.78. The Bertz CT molecular complexity index is 650. The van der Waals surface area contributed by atoms with Crippen molar-refractivity contribution in [3.63, 3.8) is 0 Å². The SMILES string of the molecule is CCc1ccc(OCC(=O)N2CCN(c3ccncc3)CC2)cc1. The summed E-state index contributed by atoms with van der Waals surface area (Å²) in [6.07, 6.45) is 4.59. The highest BCUT2D eigenvalue weighted by atomic mass is 16.5. The Kier molecular flexibility index (Phi) is 5.31. The van der Waals surface area contributed by atoms with Crippen molar-refractivity contribution < 1.29 is 9.53 Å². The number of aromatic nitrogens is 1. The van der Waals surface area contributed by atoms with E-state index < -0.39 is 0 Å². The minimum Gasteiger partial charge on any atom is -0.484 e. The molecule has 3 rings (SSSR count). The Morgan fingerprint density at radius 2 is 1.71 bits per heavy atom. The van der Waals surface area contributed by atoms with E-state index in [1.807, 2.05) is 41.3 Å². The molecule has 1 saturated heterocycles. The number of hydrogen-bond donors (Lipinski definition) is 0. The van der Waals surface area contributed by atoms with Crippen LogP contribution in [0.25, 0.3) is 0 Å². The molecule has 24 heavy (non-hydrogen) atoms. The first-order chi connectivity index (χ1) is 11.8. The first kappa shape index (κ1) is 16.3. The summed E-state index contributed by atoms with van der Waals surface area (Å²) in [5.74, 6) is 0.792. The van der Waals surface area contributed by atoms with Crippen molar-refractivity contribution in [1.29, 1.82) is 0 Å². The fourth-order valence-electron chi connectivity index (χ4n) is 2.83. The molecule has 126 valence electrons. The van der Waals surface area contributed by atoms with Crippen LogP contribution in [0.3, 0.4) is 0 Å². The van der Waals surface area contributed by atoms with Crippen molar-refractivity contribution in [3.8, 4) is 5.75 Å². The molecular formula is C19H23N3O2. The summed E-state index contributed by atoms with van der Waals surface area (Å²) in [6, 6.07) is 11.9. The van der Waals surface area contributed by atoms with E-state index in [2.05, 4.69) is 16.8 Å². The van der Waals surface area contributed by atoms with E-state index in [0.717, 1.165) is 44.0 Å². The van der Waals surface area contributed by atoms with Crippen LogP contribution in [0.2, 0.25) is 0 Å². The average Bonchev–Trinajstić information content (AvgIpc) is 2.67. The quantitative estimate of drug-likeness (QED) is 0.847. The van der Waals surface area contributed by atoms with Gasteiger partial charge in [0.2, 0.25) is 0 Å². The lowest BCUT2D eigenvalue weighted by molar-refractivity contribution is -0.133. The largest absolute Gasteiger partial charge is 0.484 e. The van der Waals surface area contributed by atoms with E-state index in [-0.39, 0.29) is 12.5 Å². The minimum atomic E-state index is 0.0453. The van der Waals surface area contributed by atoms with Gasteiger partial charge < -0.3 is 14.5 Å². The highest BCUT2D eigenvalue weighted by Crippen LogP contribution is 2.16. The molecule has 2 aromatic rings. The number of piperazine rings is 1. The molecule has 0 N–H and O–H groups in total. The normalized spacial score (nSPS) is 14.5. The Morgan fingerprint density at radius 1 is 1.04 bits per heavy atom. The predicted octanol–water partition coefficient (Wildman–Crippen LogP) is 2.37. The van der Waals surface area contributed by atoms with Gasteiger partial charge in [-0.15, -0.1) is 0 Å². The number of ether oxygens (including phenoxy) is 1. The molecule has 0 unspecified atom stereocenters. The molecule has 5 heteroatoms. The van der Waals surface area contributed by atoms with Crippen molar-refractivity contribution >= 4 is 11.6 Å². The molecule has 1 fully saturated rings. The molecule has 1 aromatic heterocycles. The molecule has 0 spiro atoms. The lowest BCUT2D eigenvalue weighted by Gasteiger charge is -2.36. The molecule has 0 saturated carbocycles. The molecule has 2 heterocycles. The van der Waals surface area contributed by atoms with Gasteiger partial charge in [0.15, 0.2) is 6.61 Å². The van der Waals surface area contributed by atoms with Crippen molar-refractivity contribution in [2.45, 2.75) is 13.3 Å². The van der Waals surface area contributed by atoms with Gasteiger partial charge in [-0.25, -0.2) is 0 Å². The number of nitrogens with zero attached hydrogens (tertiary/aromatic N) is 3. The highest BCUT2D eigenvalue weighted by Gasteiger charge is 2.21. The lowest BCUT2D eigenvalue weighted by Crippen LogP contribution is -2.50. The summed E-state index contributed by atoms with van der Waals surface area (Å²) in [4.78, 5) is 20.5. The van der Waals surface area contributed by atoms with Crippen LogP contribution in [0.15, 0.2) is 48.8 Å². The van der Waals surface area contributed by atoms with E-state index in [9.17, 15) is 4.79 Å². The molecule has 5 nitrogen and oxygen atoms in total. The van der Waals surface area contributed by atoms with Gasteiger partial charge in [-0.2, -0.15) is 0 Å². The van der Waals surface area contributed by atoms with Crippen LogP contribution in [0, 0.1) is 0 Å². The predicted molar refractivity (Wildman–Crippen MR) is 94.3 cm³/mol. The van der Waals surface area contributed by atoms with Crippen molar-refractivity contribution in [2.75, 3.05) is 37.7 Å². The number of hydrogen-bond acceptors (Lipinski definition) is 4. The van der Waals surface area contributed by atoms with Gasteiger partial charge in [0, 0.05) is 44.3 Å². The second-order valence-corrected chi connectivity index (χ2v) is 5.86. The van der Waals surface area contributed by atoms with Crippen LogP contribution in [0.1, 0.15) is 12.5 Å². The van der Waals surface area contributed by atoms with Crippen LogP contribution >= 0.6 is 0 Å². The maximum Gasteiger partial charge on any atom is 0.260 e. The van der Waals surface area contributed by atoms with Crippen molar-refractivity contribution in [2.24, 2.45) is 0 Å². The lowest BCUT2D eigenvalue weighted by atomic mass is 10.2. The Labute approximate surface area is 142 Å². The maximum absolute atomic E-state index is 12.3. The maximum atomic E-state index is 12.3. The second-order valence-electron chi connectivity index (χ2n) is 5.86. The van der Waals surface area contributed by atoms with Crippen LogP contribution in [0.4, 0.5) is 5.69 Å². The van der Waals surface area contributed by atoms with Gasteiger partial charge in [0.1, 0.15) is 5.75 Å². The van der Waals surface area contributed by atoms with Gasteiger partial charge in [0.05, 0.1) is 0 Å². The molecule has 0 radical (unpaired) electrons. The van der Waals surface area contributed by atoms with E-state index in [1.165, 1.54) is 5.56 Å². The zero-order valence-electron chi connectivity index (χ0n) is 14.0. The number of pyridine rings is 1. The van der Waals surface area contributed by atoms with Gasteiger partial charge >= 0.3 is 0 Å². The van der Waals surface area contributed by atoms with Crippen LogP contribution in [0.5, 0.6) is 5.75 Å². The number of anilines is 1. The first-order valence-electron chi connectivity index (χ1n) is 8.41. The third kappa shape index (κ3) is 4.04. The van der Waals surface area contributed by atoms with E-state index >= 15 is 0 Å². The van der Waals surface area contributed by atoms with Crippen molar-refractivity contribution in [1.82, 2.24) is 9.88 Å². The first-order valence-corrected chi connectivity index (χ1v) is 8.41. The Morgan fingerprint density at radius 3 is 2.33 bits per heavy atom. The topological polar surface area (TPSA) is 45.7 Å². The fourth-order valence-corrected chi connectivity index (χ4v) is 2.83. The summed E-state index contributed by atoms with van der Waals surface area (Å²) >= 11 is 0. The summed E-state index contributed by atoms with van der Waals surface area (Å²) < 4.78 is 5.62. The third-order valence-electron chi connectivity index (χ3n) is 4.35. The number of carbonyl (C=O) groups excluding carboxylic acids is 1. The number of benzene rings is 1. The molecular weight excluding hydrogens is 302 g/mol. The van der Waals surface area contributed by atoms with E-state index in [4.69, 9.17) is 4.74 Å². The zero-order valence-corrected chi connectivity index (χ0v) is 14.0. The van der Waals surface area contributed by atoms with Crippen LogP contribution < -0.4 is 9.64 Å².